The van der Waals surface area contributed by atoms with Crippen LogP contribution in [-0.4, -0.2) is 25.5 Å². The van der Waals surface area contributed by atoms with Crippen LogP contribution in [0.3, 0.4) is 0 Å². The molecule has 10 heteroatoms. The Balaban J connectivity index is 1.40. The lowest BCUT2D eigenvalue weighted by Crippen LogP contribution is -2.15. The second-order valence-electron chi connectivity index (χ2n) is 6.95. The Morgan fingerprint density at radius 3 is 2.53 bits per heavy atom. The molecule has 0 spiro atoms. The standard InChI is InChI=1S/C22H18Cl3N5O2/c1-14-10-21(28-30(14)12-17-18(24)6-3-7-19(17)25)26-22(31)20-8-9-29(27-20)13-32-16-5-2-4-15(23)11-16/h2-11H,12-13H2,1H3,(H,26,28,31). The summed E-state index contributed by atoms with van der Waals surface area (Å²) < 4.78 is 8.86. The summed E-state index contributed by atoms with van der Waals surface area (Å²) in [6.45, 7) is 2.41. The molecule has 0 aliphatic rings. The molecule has 1 amide bonds. The van der Waals surface area contributed by atoms with E-state index < -0.39 is 0 Å². The molecule has 0 unspecified atom stereocenters. The molecule has 2 heterocycles. The van der Waals surface area contributed by atoms with E-state index in [4.69, 9.17) is 39.5 Å². The van der Waals surface area contributed by atoms with Gasteiger partial charge in [-0.2, -0.15) is 10.2 Å². The van der Waals surface area contributed by atoms with Gasteiger partial charge in [-0.3, -0.25) is 9.48 Å². The fourth-order valence-electron chi connectivity index (χ4n) is 3.00. The van der Waals surface area contributed by atoms with E-state index in [0.29, 0.717) is 33.2 Å². The van der Waals surface area contributed by atoms with E-state index in [9.17, 15) is 4.79 Å². The summed E-state index contributed by atoms with van der Waals surface area (Å²) >= 11 is 18.5. The van der Waals surface area contributed by atoms with Gasteiger partial charge in [0.15, 0.2) is 18.2 Å². The topological polar surface area (TPSA) is 74.0 Å². The number of nitrogens with one attached hydrogen (secondary N) is 1. The molecule has 0 saturated carbocycles. The number of aromatic nitrogens is 4. The number of nitrogens with zero attached hydrogens (tertiary/aromatic N) is 4. The van der Waals surface area contributed by atoms with Gasteiger partial charge in [0, 0.05) is 38.6 Å². The van der Waals surface area contributed by atoms with Crippen molar-refractivity contribution < 1.29 is 9.53 Å². The van der Waals surface area contributed by atoms with E-state index in [2.05, 4.69) is 15.5 Å². The third-order valence-electron chi connectivity index (χ3n) is 4.63. The molecule has 2 aromatic carbocycles. The summed E-state index contributed by atoms with van der Waals surface area (Å²) in [5, 5.41) is 13.1. The van der Waals surface area contributed by atoms with Crippen LogP contribution in [0.1, 0.15) is 21.7 Å². The molecule has 0 aliphatic carbocycles. The van der Waals surface area contributed by atoms with Crippen LogP contribution < -0.4 is 10.1 Å². The van der Waals surface area contributed by atoms with Crippen LogP contribution in [0.4, 0.5) is 5.82 Å². The molecule has 0 saturated heterocycles. The lowest BCUT2D eigenvalue weighted by molar-refractivity contribution is 0.101. The summed E-state index contributed by atoms with van der Waals surface area (Å²) in [6, 6.07) is 15.7. The molecule has 1 N–H and O–H groups in total. The van der Waals surface area contributed by atoms with E-state index >= 15 is 0 Å². The van der Waals surface area contributed by atoms with Crippen LogP contribution in [0.5, 0.6) is 5.75 Å². The molecule has 7 nitrogen and oxygen atoms in total. The highest BCUT2D eigenvalue weighted by molar-refractivity contribution is 6.36. The zero-order valence-corrected chi connectivity index (χ0v) is 19.2. The summed E-state index contributed by atoms with van der Waals surface area (Å²) in [7, 11) is 0. The molecule has 0 fully saturated rings. The van der Waals surface area contributed by atoms with Crippen LogP contribution >= 0.6 is 34.8 Å². The van der Waals surface area contributed by atoms with Crippen molar-refractivity contribution in [3.8, 4) is 5.75 Å². The third kappa shape index (κ3) is 5.24. The van der Waals surface area contributed by atoms with E-state index in [0.717, 1.165) is 11.3 Å². The number of aryl methyl sites for hydroxylation is 1. The first-order valence-corrected chi connectivity index (χ1v) is 10.7. The van der Waals surface area contributed by atoms with Gasteiger partial charge in [-0.1, -0.05) is 46.9 Å². The Bertz CT molecular complexity index is 1250. The molecule has 32 heavy (non-hydrogen) atoms. The smallest absolute Gasteiger partial charge is 0.277 e. The summed E-state index contributed by atoms with van der Waals surface area (Å²) in [6.07, 6.45) is 1.66. The van der Waals surface area contributed by atoms with E-state index in [1.54, 1.807) is 65.5 Å². The average molecular weight is 491 g/mol. The molecule has 2 aromatic heterocycles. The number of rotatable bonds is 7. The molecule has 164 valence electrons. The minimum absolute atomic E-state index is 0.139. The number of amides is 1. The van der Waals surface area contributed by atoms with Crippen molar-refractivity contribution in [3.63, 3.8) is 0 Å². The molecule has 0 aliphatic heterocycles. The van der Waals surface area contributed by atoms with Gasteiger partial charge in [0.1, 0.15) is 5.75 Å². The second kappa shape index (κ2) is 9.65. The van der Waals surface area contributed by atoms with Gasteiger partial charge in [0.25, 0.3) is 5.91 Å². The van der Waals surface area contributed by atoms with Crippen molar-refractivity contribution in [2.45, 2.75) is 20.2 Å². The molecular formula is C22H18Cl3N5O2. The second-order valence-corrected chi connectivity index (χ2v) is 8.21. The van der Waals surface area contributed by atoms with Gasteiger partial charge >= 0.3 is 0 Å². The number of ether oxygens (including phenoxy) is 1. The molecular weight excluding hydrogens is 473 g/mol. The van der Waals surface area contributed by atoms with E-state index in [1.807, 2.05) is 6.92 Å². The Labute approximate surface area is 199 Å². The van der Waals surface area contributed by atoms with Crippen LogP contribution in [0.25, 0.3) is 0 Å². The fourth-order valence-corrected chi connectivity index (χ4v) is 3.69. The van der Waals surface area contributed by atoms with Crippen molar-refractivity contribution >= 4 is 46.5 Å². The van der Waals surface area contributed by atoms with Crippen molar-refractivity contribution in [2.75, 3.05) is 5.32 Å². The molecule has 0 bridgehead atoms. The lowest BCUT2D eigenvalue weighted by Gasteiger charge is -2.08. The normalized spacial score (nSPS) is 10.9. The first-order valence-electron chi connectivity index (χ1n) is 9.59. The Morgan fingerprint density at radius 2 is 1.78 bits per heavy atom. The molecule has 0 radical (unpaired) electrons. The fraction of sp³-hybridized carbons (Fsp3) is 0.136. The first kappa shape index (κ1) is 22.2. The van der Waals surface area contributed by atoms with Gasteiger partial charge < -0.3 is 10.1 Å². The highest BCUT2D eigenvalue weighted by Crippen LogP contribution is 2.26. The molecule has 4 rings (SSSR count). The minimum atomic E-state index is -0.382. The maximum absolute atomic E-state index is 12.6. The lowest BCUT2D eigenvalue weighted by atomic mass is 10.2. The third-order valence-corrected chi connectivity index (χ3v) is 5.57. The largest absolute Gasteiger partial charge is 0.471 e. The Morgan fingerprint density at radius 1 is 1.03 bits per heavy atom. The SMILES string of the molecule is Cc1cc(NC(=O)c2ccn(COc3cccc(Cl)c3)n2)nn1Cc1c(Cl)cccc1Cl. The summed E-state index contributed by atoms with van der Waals surface area (Å²) in [4.78, 5) is 12.6. The monoisotopic (exact) mass is 489 g/mol. The van der Waals surface area contributed by atoms with Crippen LogP contribution in [0.2, 0.25) is 15.1 Å². The van der Waals surface area contributed by atoms with Crippen molar-refractivity contribution in [1.29, 1.82) is 0 Å². The number of hydrogen-bond acceptors (Lipinski definition) is 4. The predicted octanol–water partition coefficient (Wildman–Crippen LogP) is 5.69. The maximum Gasteiger partial charge on any atom is 0.277 e. The number of benzene rings is 2. The number of hydrogen-bond donors (Lipinski definition) is 1. The van der Waals surface area contributed by atoms with E-state index in [1.165, 1.54) is 4.68 Å². The van der Waals surface area contributed by atoms with Gasteiger partial charge in [0.05, 0.1) is 6.54 Å². The average Bonchev–Trinajstić information content (AvgIpc) is 3.36. The summed E-state index contributed by atoms with van der Waals surface area (Å²) in [5.74, 6) is 0.631. The van der Waals surface area contributed by atoms with Gasteiger partial charge in [-0.25, -0.2) is 4.68 Å². The molecule has 4 aromatic rings. The van der Waals surface area contributed by atoms with Crippen molar-refractivity contribution in [3.05, 3.63) is 92.8 Å². The van der Waals surface area contributed by atoms with Crippen molar-refractivity contribution in [1.82, 2.24) is 19.6 Å². The minimum Gasteiger partial charge on any atom is -0.471 e. The number of carbonyl (C=O) groups is 1. The Kier molecular flexibility index (Phi) is 6.69. The van der Waals surface area contributed by atoms with Crippen LogP contribution in [0, 0.1) is 6.92 Å². The maximum atomic E-state index is 12.6. The van der Waals surface area contributed by atoms with Crippen molar-refractivity contribution in [2.24, 2.45) is 0 Å². The number of halogens is 3. The molecule has 0 atom stereocenters. The highest BCUT2D eigenvalue weighted by Gasteiger charge is 2.14. The van der Waals surface area contributed by atoms with Gasteiger partial charge in [-0.15, -0.1) is 0 Å². The predicted molar refractivity (Wildman–Crippen MR) is 125 cm³/mol. The number of carbonyl (C=O) groups excluding carboxylic acids is 1. The van der Waals surface area contributed by atoms with Crippen LogP contribution in [-0.2, 0) is 13.3 Å². The van der Waals surface area contributed by atoms with E-state index in [-0.39, 0.29) is 18.3 Å². The number of anilines is 1. The Hall–Kier alpha value is -3.00. The zero-order valence-electron chi connectivity index (χ0n) is 16.9. The zero-order chi connectivity index (χ0) is 22.7. The highest BCUT2D eigenvalue weighted by atomic mass is 35.5. The first-order chi connectivity index (χ1) is 15.4. The van der Waals surface area contributed by atoms with Crippen LogP contribution in [0.15, 0.2) is 60.8 Å². The van der Waals surface area contributed by atoms with Gasteiger partial charge in [-0.05, 0) is 43.3 Å². The quantitative estimate of drug-likeness (QED) is 0.361. The summed E-state index contributed by atoms with van der Waals surface area (Å²) in [5.41, 5.74) is 1.84. The van der Waals surface area contributed by atoms with Gasteiger partial charge in [0.2, 0.25) is 0 Å².